The summed E-state index contributed by atoms with van der Waals surface area (Å²) in [6.07, 6.45) is -0.674. The van der Waals surface area contributed by atoms with E-state index in [4.69, 9.17) is 14.5 Å². The van der Waals surface area contributed by atoms with E-state index in [0.717, 1.165) is 22.5 Å². The molecule has 1 aromatic heterocycles. The summed E-state index contributed by atoms with van der Waals surface area (Å²) in [5, 5.41) is 0. The molecule has 182 valence electrons. The average Bonchev–Trinajstić information content (AvgIpc) is 3.27. The molecule has 0 bridgehead atoms. The minimum Gasteiger partial charge on any atom is -0.485 e. The lowest BCUT2D eigenvalue weighted by atomic mass is 10.1. The first-order valence-electron chi connectivity index (χ1n) is 12.1. The number of fused-ring (bicyclic) bond motifs is 2. The molecule has 2 amide bonds. The Labute approximate surface area is 208 Å². The van der Waals surface area contributed by atoms with Gasteiger partial charge in [-0.1, -0.05) is 30.3 Å². The fraction of sp³-hybridized carbons (Fsp3) is 0.250. The number of imidazole rings is 1. The molecule has 8 heteroatoms. The molecule has 2 aliphatic heterocycles. The van der Waals surface area contributed by atoms with Crippen molar-refractivity contribution in [2.24, 2.45) is 0 Å². The fourth-order valence-electron chi connectivity index (χ4n) is 4.89. The number of aryl methyl sites for hydroxylation is 1. The molecule has 1 saturated heterocycles. The lowest BCUT2D eigenvalue weighted by Crippen LogP contribution is -2.55. The third-order valence-corrected chi connectivity index (χ3v) is 6.75. The van der Waals surface area contributed by atoms with Crippen LogP contribution < -0.4 is 9.47 Å². The summed E-state index contributed by atoms with van der Waals surface area (Å²) >= 11 is 0. The summed E-state index contributed by atoms with van der Waals surface area (Å²) in [5.74, 6) is 1.93. The molecule has 1 atom stereocenters. The molecular weight excluding hydrogens is 456 g/mol. The predicted molar refractivity (Wildman–Crippen MR) is 135 cm³/mol. The molecular formula is C28H26N4O4. The maximum Gasteiger partial charge on any atom is 0.267 e. The SMILES string of the molecule is Cc1nc2cc(C(=O)N3CCN(C(=O)[C@H]4COc5ccccc5O4)CC3)ccc2n1-c1ccccc1. The minimum atomic E-state index is -0.674. The van der Waals surface area contributed by atoms with Gasteiger partial charge in [0.05, 0.1) is 11.0 Å². The first kappa shape index (κ1) is 22.2. The number of hydrogen-bond donors (Lipinski definition) is 0. The summed E-state index contributed by atoms with van der Waals surface area (Å²) in [4.78, 5) is 34.5. The van der Waals surface area contributed by atoms with Crippen molar-refractivity contribution in [1.82, 2.24) is 19.4 Å². The smallest absolute Gasteiger partial charge is 0.267 e. The van der Waals surface area contributed by atoms with E-state index in [1.165, 1.54) is 0 Å². The topological polar surface area (TPSA) is 76.9 Å². The Balaban J connectivity index is 1.12. The van der Waals surface area contributed by atoms with E-state index in [0.29, 0.717) is 43.2 Å². The van der Waals surface area contributed by atoms with Gasteiger partial charge in [0.1, 0.15) is 12.4 Å². The van der Waals surface area contributed by atoms with Gasteiger partial charge in [0.25, 0.3) is 11.8 Å². The standard InChI is InChI=1S/C28H26N4O4/c1-19-29-22-17-20(11-12-23(22)32(19)21-7-3-2-4-8-21)27(33)30-13-15-31(16-14-30)28(34)26-18-35-24-9-5-6-10-25(24)36-26/h2-12,17,26H,13-16,18H2,1H3/t26-/m1/s1. The lowest BCUT2D eigenvalue weighted by Gasteiger charge is -2.37. The summed E-state index contributed by atoms with van der Waals surface area (Å²) in [5.41, 5.74) is 3.38. The van der Waals surface area contributed by atoms with E-state index < -0.39 is 6.10 Å². The number of ether oxygens (including phenoxy) is 2. The van der Waals surface area contributed by atoms with E-state index in [2.05, 4.69) is 4.57 Å². The molecule has 6 rings (SSSR count). The Morgan fingerprint density at radius 1 is 0.861 bits per heavy atom. The molecule has 2 aliphatic rings. The summed E-state index contributed by atoms with van der Waals surface area (Å²) < 4.78 is 13.7. The van der Waals surface area contributed by atoms with Gasteiger partial charge in [0, 0.05) is 37.4 Å². The molecule has 8 nitrogen and oxygen atoms in total. The quantitative estimate of drug-likeness (QED) is 0.447. The number of carbonyl (C=O) groups is 2. The van der Waals surface area contributed by atoms with Gasteiger partial charge in [-0.05, 0) is 49.4 Å². The molecule has 0 radical (unpaired) electrons. The van der Waals surface area contributed by atoms with Crippen LogP contribution in [0.25, 0.3) is 16.7 Å². The maximum absolute atomic E-state index is 13.3. The molecule has 1 fully saturated rings. The van der Waals surface area contributed by atoms with Crippen LogP contribution in [0.4, 0.5) is 0 Å². The van der Waals surface area contributed by atoms with E-state index in [1.807, 2.05) is 73.7 Å². The van der Waals surface area contributed by atoms with Crippen LogP contribution in [0.2, 0.25) is 0 Å². The van der Waals surface area contributed by atoms with Crippen LogP contribution in [0.15, 0.2) is 72.8 Å². The fourth-order valence-corrected chi connectivity index (χ4v) is 4.89. The number of amides is 2. The molecule has 3 aromatic carbocycles. The van der Waals surface area contributed by atoms with Gasteiger partial charge in [-0.2, -0.15) is 0 Å². The van der Waals surface area contributed by atoms with Crippen LogP contribution in [-0.4, -0.2) is 70.1 Å². The Bertz CT molecular complexity index is 1440. The van der Waals surface area contributed by atoms with Crippen LogP contribution in [0.3, 0.4) is 0 Å². The van der Waals surface area contributed by atoms with Gasteiger partial charge >= 0.3 is 0 Å². The highest BCUT2D eigenvalue weighted by Crippen LogP contribution is 2.31. The van der Waals surface area contributed by atoms with Gasteiger partial charge < -0.3 is 19.3 Å². The molecule has 0 N–H and O–H groups in total. The zero-order valence-corrected chi connectivity index (χ0v) is 20.0. The van der Waals surface area contributed by atoms with Gasteiger partial charge in [-0.15, -0.1) is 0 Å². The van der Waals surface area contributed by atoms with Gasteiger partial charge in [-0.25, -0.2) is 4.98 Å². The van der Waals surface area contributed by atoms with E-state index in [1.54, 1.807) is 15.9 Å². The number of hydrogen-bond acceptors (Lipinski definition) is 5. The number of benzene rings is 3. The Hall–Kier alpha value is -4.33. The van der Waals surface area contributed by atoms with Gasteiger partial charge in [0.2, 0.25) is 6.10 Å². The number of nitrogens with zero attached hydrogens (tertiary/aromatic N) is 4. The van der Waals surface area contributed by atoms with Crippen molar-refractivity contribution in [3.8, 4) is 17.2 Å². The molecule has 0 saturated carbocycles. The number of carbonyl (C=O) groups excluding carboxylic acids is 2. The molecule has 0 aliphatic carbocycles. The predicted octanol–water partition coefficient (Wildman–Crippen LogP) is 3.46. The van der Waals surface area contributed by atoms with Crippen LogP contribution in [-0.2, 0) is 4.79 Å². The van der Waals surface area contributed by atoms with Gasteiger partial charge in [-0.3, -0.25) is 14.2 Å². The van der Waals surface area contributed by atoms with E-state index in [-0.39, 0.29) is 18.4 Å². The van der Waals surface area contributed by atoms with Crippen molar-refractivity contribution < 1.29 is 19.1 Å². The maximum atomic E-state index is 13.3. The molecule has 0 spiro atoms. The zero-order chi connectivity index (χ0) is 24.6. The van der Waals surface area contributed by atoms with Crippen molar-refractivity contribution in [3.63, 3.8) is 0 Å². The monoisotopic (exact) mass is 482 g/mol. The molecule has 4 aromatic rings. The minimum absolute atomic E-state index is 0.0536. The van der Waals surface area contributed by atoms with E-state index in [9.17, 15) is 9.59 Å². The third-order valence-electron chi connectivity index (χ3n) is 6.75. The van der Waals surface area contributed by atoms with Crippen molar-refractivity contribution in [1.29, 1.82) is 0 Å². The second-order valence-electron chi connectivity index (χ2n) is 9.02. The Morgan fingerprint density at radius 2 is 1.56 bits per heavy atom. The highest BCUT2D eigenvalue weighted by atomic mass is 16.6. The average molecular weight is 483 g/mol. The van der Waals surface area contributed by atoms with Crippen LogP contribution in [0.5, 0.6) is 11.5 Å². The second kappa shape index (κ2) is 9.03. The number of para-hydroxylation sites is 3. The summed E-state index contributed by atoms with van der Waals surface area (Å²) in [6, 6.07) is 23.1. The zero-order valence-electron chi connectivity index (χ0n) is 20.0. The molecule has 36 heavy (non-hydrogen) atoms. The van der Waals surface area contributed by atoms with Crippen molar-refractivity contribution >= 4 is 22.8 Å². The third kappa shape index (κ3) is 3.94. The molecule has 3 heterocycles. The Kier molecular flexibility index (Phi) is 5.56. The Morgan fingerprint density at radius 3 is 2.33 bits per heavy atom. The highest BCUT2D eigenvalue weighted by molar-refractivity contribution is 5.98. The van der Waals surface area contributed by atoms with Crippen molar-refractivity contribution in [2.45, 2.75) is 13.0 Å². The van der Waals surface area contributed by atoms with E-state index >= 15 is 0 Å². The van der Waals surface area contributed by atoms with Crippen LogP contribution in [0, 0.1) is 6.92 Å². The lowest BCUT2D eigenvalue weighted by molar-refractivity contribution is -0.142. The molecule has 0 unspecified atom stereocenters. The van der Waals surface area contributed by atoms with Crippen LogP contribution in [0.1, 0.15) is 16.2 Å². The number of rotatable bonds is 3. The second-order valence-corrected chi connectivity index (χ2v) is 9.02. The highest BCUT2D eigenvalue weighted by Gasteiger charge is 2.33. The normalized spacial score (nSPS) is 17.3. The first-order chi connectivity index (χ1) is 17.6. The first-order valence-corrected chi connectivity index (χ1v) is 12.1. The van der Waals surface area contributed by atoms with Crippen molar-refractivity contribution in [3.05, 3.63) is 84.2 Å². The van der Waals surface area contributed by atoms with Crippen molar-refractivity contribution in [2.75, 3.05) is 32.8 Å². The summed E-state index contributed by atoms with van der Waals surface area (Å²) in [6.45, 7) is 3.98. The van der Waals surface area contributed by atoms with Crippen LogP contribution >= 0.6 is 0 Å². The number of piperazine rings is 1. The largest absolute Gasteiger partial charge is 0.485 e. The number of aromatic nitrogens is 2. The summed E-state index contributed by atoms with van der Waals surface area (Å²) in [7, 11) is 0. The van der Waals surface area contributed by atoms with Gasteiger partial charge in [0.15, 0.2) is 11.5 Å².